The van der Waals surface area contributed by atoms with Crippen molar-refractivity contribution in [3.05, 3.63) is 54.5 Å². The molecule has 0 spiro atoms. The van der Waals surface area contributed by atoms with Crippen LogP contribution < -0.4 is 10.2 Å². The molecule has 1 amide bonds. The van der Waals surface area contributed by atoms with Crippen molar-refractivity contribution in [3.63, 3.8) is 0 Å². The van der Waals surface area contributed by atoms with Gasteiger partial charge in [-0.1, -0.05) is 32.0 Å². The number of carbonyl (C=O) groups excluding carboxylic acids is 1. The van der Waals surface area contributed by atoms with Gasteiger partial charge in [0.1, 0.15) is 0 Å². The Hall–Kier alpha value is -2.89. The molecule has 0 atom stereocenters. The molecule has 0 radical (unpaired) electrons. The van der Waals surface area contributed by atoms with Crippen molar-refractivity contribution in [2.45, 2.75) is 46.1 Å². The smallest absolute Gasteiger partial charge is 0.225 e. The maximum absolute atomic E-state index is 12.7. The van der Waals surface area contributed by atoms with Crippen LogP contribution >= 0.6 is 0 Å². The van der Waals surface area contributed by atoms with E-state index in [4.69, 9.17) is 0 Å². The Balaban J connectivity index is 1.29. The van der Waals surface area contributed by atoms with Crippen molar-refractivity contribution in [2.75, 3.05) is 24.5 Å². The largest absolute Gasteiger partial charge is 0.356 e. The van der Waals surface area contributed by atoms with Crippen LogP contribution in [-0.2, 0) is 17.8 Å². The second kappa shape index (κ2) is 9.94. The molecule has 0 unspecified atom stereocenters. The van der Waals surface area contributed by atoms with E-state index >= 15 is 0 Å². The van der Waals surface area contributed by atoms with Gasteiger partial charge < -0.3 is 14.8 Å². The van der Waals surface area contributed by atoms with Crippen LogP contribution in [0.15, 0.2) is 48.9 Å². The first-order valence-corrected chi connectivity index (χ1v) is 11.5. The summed E-state index contributed by atoms with van der Waals surface area (Å²) in [6, 6.07) is 10.4. The number of hydrogen-bond donors (Lipinski definition) is 1. The van der Waals surface area contributed by atoms with E-state index in [1.54, 1.807) is 12.4 Å². The normalized spacial score (nSPS) is 15.0. The quantitative estimate of drug-likeness (QED) is 0.598. The predicted molar refractivity (Wildman–Crippen MR) is 125 cm³/mol. The molecule has 0 saturated carbocycles. The number of piperidine rings is 1. The highest BCUT2D eigenvalue weighted by Crippen LogP contribution is 2.23. The second-order valence-electron chi connectivity index (χ2n) is 8.90. The monoisotopic (exact) mass is 419 g/mol. The first kappa shape index (κ1) is 21.3. The summed E-state index contributed by atoms with van der Waals surface area (Å²) in [5.74, 6) is 1.70. The van der Waals surface area contributed by atoms with Gasteiger partial charge in [-0.25, -0.2) is 9.97 Å². The number of para-hydroxylation sites is 1. The Morgan fingerprint density at radius 1 is 1.13 bits per heavy atom. The van der Waals surface area contributed by atoms with Gasteiger partial charge in [-0.15, -0.1) is 0 Å². The molecule has 6 heteroatoms. The fraction of sp³-hybridized carbons (Fsp3) is 0.480. The van der Waals surface area contributed by atoms with Gasteiger partial charge in [-0.2, -0.15) is 0 Å². The Morgan fingerprint density at radius 3 is 2.61 bits per heavy atom. The van der Waals surface area contributed by atoms with Crippen LogP contribution in [0.4, 0.5) is 5.95 Å². The van der Waals surface area contributed by atoms with E-state index in [2.05, 4.69) is 69.1 Å². The summed E-state index contributed by atoms with van der Waals surface area (Å²) in [7, 11) is 0. The molecule has 4 rings (SSSR count). The number of anilines is 1. The van der Waals surface area contributed by atoms with Crippen LogP contribution in [0.5, 0.6) is 0 Å². The Morgan fingerprint density at radius 2 is 1.87 bits per heavy atom. The lowest BCUT2D eigenvalue weighted by atomic mass is 9.96. The van der Waals surface area contributed by atoms with Gasteiger partial charge in [0, 0.05) is 61.6 Å². The molecular formula is C25H33N5O. The molecule has 2 aromatic heterocycles. The average Bonchev–Trinajstić information content (AvgIpc) is 3.16. The van der Waals surface area contributed by atoms with Gasteiger partial charge in [0.25, 0.3) is 0 Å². The number of aromatic nitrogens is 3. The lowest BCUT2D eigenvalue weighted by Crippen LogP contribution is -2.41. The Bertz CT molecular complexity index is 990. The van der Waals surface area contributed by atoms with E-state index in [0.717, 1.165) is 44.8 Å². The summed E-state index contributed by atoms with van der Waals surface area (Å²) in [4.78, 5) is 23.5. The van der Waals surface area contributed by atoms with E-state index in [9.17, 15) is 4.79 Å². The lowest BCUT2D eigenvalue weighted by molar-refractivity contribution is -0.125. The number of amides is 1. The number of benzene rings is 1. The van der Waals surface area contributed by atoms with E-state index in [-0.39, 0.29) is 11.8 Å². The molecule has 1 aliphatic rings. The first-order chi connectivity index (χ1) is 15.1. The van der Waals surface area contributed by atoms with E-state index in [0.29, 0.717) is 12.5 Å². The maximum Gasteiger partial charge on any atom is 0.225 e. The Kier molecular flexibility index (Phi) is 6.85. The van der Waals surface area contributed by atoms with Crippen molar-refractivity contribution in [3.8, 4) is 0 Å². The Labute approximate surface area is 184 Å². The number of hydrogen-bond acceptors (Lipinski definition) is 4. The molecule has 6 nitrogen and oxygen atoms in total. The third-order valence-corrected chi connectivity index (χ3v) is 6.21. The summed E-state index contributed by atoms with van der Waals surface area (Å²) in [6.07, 6.45) is 9.52. The molecule has 1 N–H and O–H groups in total. The molecule has 3 heterocycles. The van der Waals surface area contributed by atoms with Crippen LogP contribution in [0.2, 0.25) is 0 Å². The number of carbonyl (C=O) groups is 1. The minimum absolute atomic E-state index is 0.0762. The third kappa shape index (κ3) is 5.24. The second-order valence-corrected chi connectivity index (χ2v) is 8.90. The number of nitrogens with zero attached hydrogens (tertiary/aromatic N) is 4. The van der Waals surface area contributed by atoms with Gasteiger partial charge in [0.15, 0.2) is 0 Å². The topological polar surface area (TPSA) is 63.1 Å². The predicted octanol–water partition coefficient (Wildman–Crippen LogP) is 4.05. The number of rotatable bonds is 8. The minimum Gasteiger partial charge on any atom is -0.356 e. The van der Waals surface area contributed by atoms with E-state index in [1.807, 2.05) is 6.07 Å². The molecule has 164 valence electrons. The highest BCUT2D eigenvalue weighted by Gasteiger charge is 2.25. The summed E-state index contributed by atoms with van der Waals surface area (Å²) in [5.41, 5.74) is 2.61. The maximum atomic E-state index is 12.7. The van der Waals surface area contributed by atoms with Crippen molar-refractivity contribution in [1.29, 1.82) is 0 Å². The zero-order valence-corrected chi connectivity index (χ0v) is 18.6. The molecule has 31 heavy (non-hydrogen) atoms. The van der Waals surface area contributed by atoms with Crippen LogP contribution in [0.25, 0.3) is 10.9 Å². The highest BCUT2D eigenvalue weighted by molar-refractivity contribution is 5.84. The number of nitrogens with one attached hydrogen (secondary N) is 1. The number of fused-ring (bicyclic) bond motifs is 1. The SMILES string of the molecule is CC(C)CCn1cc(CCNC(=O)C2CCN(c3ncccn3)CC2)c2ccccc21. The molecule has 0 aliphatic carbocycles. The third-order valence-electron chi connectivity index (χ3n) is 6.21. The van der Waals surface area contributed by atoms with Crippen LogP contribution in [0, 0.1) is 11.8 Å². The minimum atomic E-state index is 0.0762. The summed E-state index contributed by atoms with van der Waals surface area (Å²) in [5, 5.41) is 4.48. The zero-order valence-electron chi connectivity index (χ0n) is 18.6. The van der Waals surface area contributed by atoms with E-state index in [1.165, 1.54) is 22.9 Å². The van der Waals surface area contributed by atoms with Crippen LogP contribution in [0.1, 0.15) is 38.7 Å². The lowest BCUT2D eigenvalue weighted by Gasteiger charge is -2.31. The van der Waals surface area contributed by atoms with Gasteiger partial charge in [0.2, 0.25) is 11.9 Å². The zero-order chi connectivity index (χ0) is 21.6. The van der Waals surface area contributed by atoms with Crippen LogP contribution in [-0.4, -0.2) is 40.1 Å². The molecule has 3 aromatic rings. The standard InChI is InChI=1S/C25H33N5O/c1-19(2)9-15-30-18-21(22-6-3-4-7-23(22)30)8-14-26-24(31)20-10-16-29(17-11-20)25-27-12-5-13-28-25/h3-7,12-13,18-20H,8-11,14-17H2,1-2H3,(H,26,31). The van der Waals surface area contributed by atoms with Crippen molar-refractivity contribution >= 4 is 22.8 Å². The van der Waals surface area contributed by atoms with Crippen LogP contribution in [0.3, 0.4) is 0 Å². The van der Waals surface area contributed by atoms with Gasteiger partial charge in [-0.05, 0) is 49.3 Å². The molecule has 1 fully saturated rings. The first-order valence-electron chi connectivity index (χ1n) is 11.5. The van der Waals surface area contributed by atoms with Crippen molar-refractivity contribution in [1.82, 2.24) is 19.9 Å². The van der Waals surface area contributed by atoms with E-state index < -0.39 is 0 Å². The van der Waals surface area contributed by atoms with Gasteiger partial charge in [-0.3, -0.25) is 4.79 Å². The average molecular weight is 420 g/mol. The molecule has 1 aromatic carbocycles. The fourth-order valence-corrected chi connectivity index (χ4v) is 4.37. The molecule has 1 saturated heterocycles. The van der Waals surface area contributed by atoms with Gasteiger partial charge >= 0.3 is 0 Å². The van der Waals surface area contributed by atoms with Gasteiger partial charge in [0.05, 0.1) is 0 Å². The number of aryl methyl sites for hydroxylation is 1. The molecule has 0 bridgehead atoms. The fourth-order valence-electron chi connectivity index (χ4n) is 4.37. The summed E-state index contributed by atoms with van der Waals surface area (Å²) >= 11 is 0. The van der Waals surface area contributed by atoms with Crippen molar-refractivity contribution < 1.29 is 4.79 Å². The molecule has 1 aliphatic heterocycles. The highest BCUT2D eigenvalue weighted by atomic mass is 16.1. The summed E-state index contributed by atoms with van der Waals surface area (Å²) < 4.78 is 2.37. The molecular weight excluding hydrogens is 386 g/mol. The summed E-state index contributed by atoms with van der Waals surface area (Å²) in [6.45, 7) is 7.89. The van der Waals surface area contributed by atoms with Crippen molar-refractivity contribution in [2.24, 2.45) is 11.8 Å².